The van der Waals surface area contributed by atoms with Gasteiger partial charge in [0, 0.05) is 6.07 Å². The highest BCUT2D eigenvalue weighted by Gasteiger charge is 2.05. The minimum Gasteiger partial charge on any atom is -0.493 e. The predicted molar refractivity (Wildman–Crippen MR) is 64.9 cm³/mol. The molecule has 3 nitrogen and oxygen atoms in total. The van der Waals surface area contributed by atoms with Crippen molar-refractivity contribution >= 4 is 0 Å². The first-order valence-electron chi connectivity index (χ1n) is 5.19. The predicted octanol–water partition coefficient (Wildman–Crippen LogP) is 3.30. The van der Waals surface area contributed by atoms with Crippen LogP contribution in [0.15, 0.2) is 42.5 Å². The second-order valence-electron chi connectivity index (χ2n) is 3.35. The van der Waals surface area contributed by atoms with Crippen molar-refractivity contribution in [3.05, 3.63) is 48.5 Å². The van der Waals surface area contributed by atoms with E-state index in [9.17, 15) is 0 Å². The maximum atomic E-state index is 5.66. The Morgan fingerprint density at radius 1 is 0.824 bits per heavy atom. The fourth-order valence-electron chi connectivity index (χ4n) is 1.46. The Kier molecular flexibility index (Phi) is 3.50. The maximum Gasteiger partial charge on any atom is 0.164 e. The van der Waals surface area contributed by atoms with E-state index in [1.165, 1.54) is 0 Å². The lowest BCUT2D eigenvalue weighted by Gasteiger charge is -2.10. The van der Waals surface area contributed by atoms with E-state index in [1.807, 2.05) is 24.3 Å². The van der Waals surface area contributed by atoms with E-state index in [4.69, 9.17) is 14.2 Å². The molecule has 87 valence electrons. The third-order valence-electron chi connectivity index (χ3n) is 2.28. The van der Waals surface area contributed by atoms with Crippen LogP contribution in [0.3, 0.4) is 0 Å². The number of methoxy groups -OCH3 is 2. The minimum atomic E-state index is 0.646. The lowest BCUT2D eigenvalue weighted by Crippen LogP contribution is -1.91. The van der Waals surface area contributed by atoms with Crippen LogP contribution in [0.1, 0.15) is 0 Å². The fraction of sp³-hybridized carbons (Fsp3) is 0.143. The summed E-state index contributed by atoms with van der Waals surface area (Å²) in [5.41, 5.74) is 0. The van der Waals surface area contributed by atoms with Crippen LogP contribution in [-0.2, 0) is 0 Å². The van der Waals surface area contributed by atoms with Crippen LogP contribution in [0.4, 0.5) is 0 Å². The van der Waals surface area contributed by atoms with E-state index >= 15 is 0 Å². The van der Waals surface area contributed by atoms with Crippen molar-refractivity contribution in [1.82, 2.24) is 0 Å². The second kappa shape index (κ2) is 5.25. The van der Waals surface area contributed by atoms with Crippen LogP contribution in [-0.4, -0.2) is 14.2 Å². The summed E-state index contributed by atoms with van der Waals surface area (Å²) >= 11 is 0. The van der Waals surface area contributed by atoms with E-state index in [0.29, 0.717) is 17.2 Å². The standard InChI is InChI=1S/C14H13O3/c1-15-13-9-8-12(10-14(13)16-2)17-11-6-4-3-5-7-11/h4-10H,1-2H3. The molecule has 0 aliphatic heterocycles. The molecule has 0 spiro atoms. The van der Waals surface area contributed by atoms with Gasteiger partial charge in [-0.15, -0.1) is 0 Å². The molecule has 0 aliphatic rings. The van der Waals surface area contributed by atoms with Crippen LogP contribution in [0.5, 0.6) is 23.0 Å². The van der Waals surface area contributed by atoms with Crippen LogP contribution in [0.25, 0.3) is 0 Å². The number of benzene rings is 2. The molecule has 0 fully saturated rings. The molecule has 0 amide bonds. The van der Waals surface area contributed by atoms with Gasteiger partial charge in [0.1, 0.15) is 11.5 Å². The van der Waals surface area contributed by atoms with Crippen LogP contribution in [0.2, 0.25) is 0 Å². The molecule has 0 aromatic heterocycles. The third-order valence-corrected chi connectivity index (χ3v) is 2.28. The van der Waals surface area contributed by atoms with Crippen molar-refractivity contribution in [3.63, 3.8) is 0 Å². The summed E-state index contributed by atoms with van der Waals surface area (Å²) in [7, 11) is 3.20. The van der Waals surface area contributed by atoms with Gasteiger partial charge in [-0.05, 0) is 30.3 Å². The molecule has 0 atom stereocenters. The Hall–Kier alpha value is -2.16. The van der Waals surface area contributed by atoms with Crippen LogP contribution >= 0.6 is 0 Å². The van der Waals surface area contributed by atoms with Gasteiger partial charge in [-0.25, -0.2) is 0 Å². The molecule has 2 aromatic carbocycles. The zero-order valence-electron chi connectivity index (χ0n) is 9.77. The number of hydrogen-bond donors (Lipinski definition) is 0. The summed E-state index contributed by atoms with van der Waals surface area (Å²) in [6, 6.07) is 15.7. The average molecular weight is 229 g/mol. The molecular formula is C14H13O3. The molecule has 0 heterocycles. The van der Waals surface area contributed by atoms with Gasteiger partial charge >= 0.3 is 0 Å². The maximum absolute atomic E-state index is 5.66. The SMILES string of the molecule is COc1ccc(Oc2cc[c]cc2)cc1OC. The zero-order chi connectivity index (χ0) is 12.1. The van der Waals surface area contributed by atoms with Crippen molar-refractivity contribution in [3.8, 4) is 23.0 Å². The van der Waals surface area contributed by atoms with Crippen molar-refractivity contribution in [2.24, 2.45) is 0 Å². The van der Waals surface area contributed by atoms with Gasteiger partial charge in [0.2, 0.25) is 0 Å². The normalized spacial score (nSPS) is 9.76. The van der Waals surface area contributed by atoms with E-state index in [-0.39, 0.29) is 0 Å². The quantitative estimate of drug-likeness (QED) is 0.805. The Bertz CT molecular complexity index is 480. The molecule has 0 bridgehead atoms. The Balaban J connectivity index is 2.22. The largest absolute Gasteiger partial charge is 0.493 e. The second-order valence-corrected chi connectivity index (χ2v) is 3.35. The van der Waals surface area contributed by atoms with Crippen LogP contribution in [0, 0.1) is 6.07 Å². The molecule has 0 aliphatic carbocycles. The van der Waals surface area contributed by atoms with E-state index in [0.717, 1.165) is 5.75 Å². The molecule has 0 saturated heterocycles. The highest BCUT2D eigenvalue weighted by Crippen LogP contribution is 2.32. The van der Waals surface area contributed by atoms with Gasteiger partial charge in [-0.3, -0.25) is 0 Å². The summed E-state index contributed by atoms with van der Waals surface area (Å²) in [4.78, 5) is 0. The van der Waals surface area contributed by atoms with Gasteiger partial charge in [-0.1, -0.05) is 12.1 Å². The molecule has 17 heavy (non-hydrogen) atoms. The van der Waals surface area contributed by atoms with Gasteiger partial charge < -0.3 is 14.2 Å². The lowest BCUT2D eigenvalue weighted by atomic mass is 10.3. The zero-order valence-corrected chi connectivity index (χ0v) is 9.77. The first kappa shape index (κ1) is 11.3. The molecule has 2 rings (SSSR count). The summed E-state index contributed by atoms with van der Waals surface area (Å²) in [6.07, 6.45) is 0. The Morgan fingerprint density at radius 2 is 1.53 bits per heavy atom. The van der Waals surface area contributed by atoms with Gasteiger partial charge in [0.15, 0.2) is 11.5 Å². The number of hydrogen-bond acceptors (Lipinski definition) is 3. The molecular weight excluding hydrogens is 216 g/mol. The van der Waals surface area contributed by atoms with Crippen molar-refractivity contribution in [2.75, 3.05) is 14.2 Å². The summed E-state index contributed by atoms with van der Waals surface area (Å²) < 4.78 is 16.0. The highest BCUT2D eigenvalue weighted by atomic mass is 16.5. The van der Waals surface area contributed by atoms with E-state index < -0.39 is 0 Å². The average Bonchev–Trinajstić information content (AvgIpc) is 2.40. The van der Waals surface area contributed by atoms with E-state index in [1.54, 1.807) is 32.4 Å². The first-order valence-corrected chi connectivity index (χ1v) is 5.19. The van der Waals surface area contributed by atoms with Crippen molar-refractivity contribution in [2.45, 2.75) is 0 Å². The number of rotatable bonds is 4. The molecule has 0 unspecified atom stereocenters. The molecule has 0 N–H and O–H groups in total. The Morgan fingerprint density at radius 3 is 2.18 bits per heavy atom. The number of ether oxygens (including phenoxy) is 3. The summed E-state index contributed by atoms with van der Waals surface area (Å²) in [5.74, 6) is 2.79. The minimum absolute atomic E-state index is 0.646. The van der Waals surface area contributed by atoms with Gasteiger partial charge in [0.25, 0.3) is 0 Å². The first-order chi connectivity index (χ1) is 8.33. The molecule has 3 heteroatoms. The van der Waals surface area contributed by atoms with Gasteiger partial charge in [-0.2, -0.15) is 0 Å². The highest BCUT2D eigenvalue weighted by molar-refractivity contribution is 5.46. The summed E-state index contributed by atoms with van der Waals surface area (Å²) in [6.45, 7) is 0. The molecule has 0 saturated carbocycles. The monoisotopic (exact) mass is 229 g/mol. The smallest absolute Gasteiger partial charge is 0.164 e. The topological polar surface area (TPSA) is 27.7 Å². The Labute approximate surface area is 101 Å². The van der Waals surface area contributed by atoms with Crippen LogP contribution < -0.4 is 14.2 Å². The van der Waals surface area contributed by atoms with E-state index in [2.05, 4.69) is 6.07 Å². The van der Waals surface area contributed by atoms with Crippen molar-refractivity contribution < 1.29 is 14.2 Å². The lowest BCUT2D eigenvalue weighted by molar-refractivity contribution is 0.352. The van der Waals surface area contributed by atoms with Gasteiger partial charge in [0.05, 0.1) is 14.2 Å². The third kappa shape index (κ3) is 2.69. The van der Waals surface area contributed by atoms with Crippen molar-refractivity contribution in [1.29, 1.82) is 0 Å². The fourth-order valence-corrected chi connectivity index (χ4v) is 1.46. The molecule has 1 radical (unpaired) electrons. The molecule has 2 aromatic rings. The summed E-state index contributed by atoms with van der Waals surface area (Å²) in [5, 5.41) is 0.